The van der Waals surface area contributed by atoms with E-state index in [0.29, 0.717) is 74.1 Å². The SMILES string of the molecule is CCCN1CCc2c(C#N)cc(C(=O)Cc3cccc(-c4cccc(-c5cnc(CN6CC(CO)C6)c(OC)n5)c4Cl)c3Cl)nc2C1. The second-order valence-electron chi connectivity index (χ2n) is 12.1. The highest BCUT2D eigenvalue weighted by Gasteiger charge is 2.28. The Balaban J connectivity index is 1.25. The smallest absolute Gasteiger partial charge is 0.237 e. The minimum absolute atomic E-state index is 0.0273. The number of Topliss-reactive ketones (excluding diaryl/α,β-unsaturated/α-hetero) is 1. The van der Waals surface area contributed by atoms with E-state index >= 15 is 0 Å². The fourth-order valence-corrected chi connectivity index (χ4v) is 7.02. The average molecular weight is 672 g/mol. The van der Waals surface area contributed by atoms with Crippen LogP contribution in [0.3, 0.4) is 0 Å². The molecule has 0 unspecified atom stereocenters. The first-order valence-electron chi connectivity index (χ1n) is 15.8. The van der Waals surface area contributed by atoms with Crippen LogP contribution in [0.15, 0.2) is 48.7 Å². The van der Waals surface area contributed by atoms with E-state index in [-0.39, 0.29) is 24.5 Å². The van der Waals surface area contributed by atoms with Crippen LogP contribution < -0.4 is 4.74 Å². The summed E-state index contributed by atoms with van der Waals surface area (Å²) in [6.45, 7) is 6.98. The maximum Gasteiger partial charge on any atom is 0.237 e. The highest BCUT2D eigenvalue weighted by Crippen LogP contribution is 2.40. The number of pyridine rings is 1. The number of halogens is 2. The van der Waals surface area contributed by atoms with E-state index in [1.807, 2.05) is 36.4 Å². The lowest BCUT2D eigenvalue weighted by Crippen LogP contribution is -2.47. The standard InChI is InChI=1S/C36H36Cl2N6O3/c1-3-11-43-12-10-25-24(15-39)13-29(41-31(25)19-43)33(46)14-23-6-4-7-26(34(23)37)27-8-5-9-28(35(27)38)30-16-40-32(36(42-30)47-2)20-44-17-22(18-44)21-45/h4-9,13,16,22,45H,3,10-12,14,17-21H2,1-2H3. The van der Waals surface area contributed by atoms with Crippen LogP contribution in [-0.2, 0) is 25.9 Å². The number of methoxy groups -OCH3 is 1. The molecular formula is C36H36Cl2N6O3. The Hall–Kier alpha value is -3.91. The fourth-order valence-electron chi connectivity index (χ4n) is 6.40. The summed E-state index contributed by atoms with van der Waals surface area (Å²) in [4.78, 5) is 32.2. The quantitative estimate of drug-likeness (QED) is 0.192. The van der Waals surface area contributed by atoms with Crippen LogP contribution in [0.5, 0.6) is 5.88 Å². The predicted molar refractivity (Wildman–Crippen MR) is 182 cm³/mol. The first-order valence-corrected chi connectivity index (χ1v) is 16.6. The van der Waals surface area contributed by atoms with Crippen LogP contribution in [0.2, 0.25) is 10.0 Å². The van der Waals surface area contributed by atoms with Crippen LogP contribution in [0.25, 0.3) is 22.4 Å². The van der Waals surface area contributed by atoms with E-state index in [2.05, 4.69) is 27.8 Å². The number of ether oxygens (including phenoxy) is 1. The van der Waals surface area contributed by atoms with Gasteiger partial charge in [-0.2, -0.15) is 5.26 Å². The largest absolute Gasteiger partial charge is 0.480 e. The number of rotatable bonds is 11. The van der Waals surface area contributed by atoms with Gasteiger partial charge in [-0.15, -0.1) is 0 Å². The number of carbonyl (C=O) groups excluding carboxylic acids is 1. The molecule has 0 radical (unpaired) electrons. The van der Waals surface area contributed by atoms with Gasteiger partial charge in [0.2, 0.25) is 5.88 Å². The van der Waals surface area contributed by atoms with Gasteiger partial charge in [-0.25, -0.2) is 9.97 Å². The third-order valence-corrected chi connectivity index (χ3v) is 9.72. The van der Waals surface area contributed by atoms with Gasteiger partial charge in [-0.3, -0.25) is 19.6 Å². The van der Waals surface area contributed by atoms with E-state index in [1.165, 1.54) is 0 Å². The summed E-state index contributed by atoms with van der Waals surface area (Å²) in [6, 6.07) is 15.1. The van der Waals surface area contributed by atoms with Crippen molar-refractivity contribution in [1.82, 2.24) is 24.8 Å². The number of aliphatic hydroxyl groups excluding tert-OH is 1. The van der Waals surface area contributed by atoms with Crippen molar-refractivity contribution in [2.45, 2.75) is 39.3 Å². The number of ketones is 1. The van der Waals surface area contributed by atoms with Crippen LogP contribution in [-0.4, -0.2) is 75.5 Å². The molecule has 0 spiro atoms. The lowest BCUT2D eigenvalue weighted by molar-refractivity contribution is 0.0462. The minimum Gasteiger partial charge on any atom is -0.480 e. The molecular weight excluding hydrogens is 635 g/mol. The molecule has 0 amide bonds. The Morgan fingerprint density at radius 3 is 2.55 bits per heavy atom. The maximum atomic E-state index is 13.6. The molecule has 242 valence electrons. The summed E-state index contributed by atoms with van der Waals surface area (Å²) < 4.78 is 5.58. The van der Waals surface area contributed by atoms with Gasteiger partial charge in [0.05, 0.1) is 46.4 Å². The number of benzene rings is 2. The number of nitriles is 1. The van der Waals surface area contributed by atoms with Crippen molar-refractivity contribution in [1.29, 1.82) is 5.26 Å². The number of aromatic nitrogens is 3. The van der Waals surface area contributed by atoms with Gasteiger partial charge in [0, 0.05) is 68.4 Å². The van der Waals surface area contributed by atoms with Crippen LogP contribution in [0.1, 0.15) is 51.9 Å². The first kappa shape index (κ1) is 33.0. The molecule has 9 nitrogen and oxygen atoms in total. The number of nitrogens with zero attached hydrogens (tertiary/aromatic N) is 6. The zero-order valence-corrected chi connectivity index (χ0v) is 28.0. The number of likely N-dealkylation sites (tertiary alicyclic amines) is 1. The molecule has 1 saturated heterocycles. The highest BCUT2D eigenvalue weighted by molar-refractivity contribution is 6.38. The predicted octanol–water partition coefficient (Wildman–Crippen LogP) is 6.01. The number of fused-ring (bicyclic) bond motifs is 1. The van der Waals surface area contributed by atoms with Crippen LogP contribution >= 0.6 is 23.2 Å². The zero-order chi connectivity index (χ0) is 33.1. The molecule has 0 saturated carbocycles. The van der Waals surface area contributed by atoms with Crippen molar-refractivity contribution in [2.24, 2.45) is 5.92 Å². The molecule has 47 heavy (non-hydrogen) atoms. The van der Waals surface area contributed by atoms with Gasteiger partial charge in [0.25, 0.3) is 0 Å². The Morgan fingerprint density at radius 1 is 1.09 bits per heavy atom. The number of hydrogen-bond donors (Lipinski definition) is 1. The lowest BCUT2D eigenvalue weighted by atomic mass is 9.95. The van der Waals surface area contributed by atoms with Crippen molar-refractivity contribution >= 4 is 29.0 Å². The fraction of sp³-hybridized carbons (Fsp3) is 0.361. The van der Waals surface area contributed by atoms with E-state index in [4.69, 9.17) is 37.9 Å². The molecule has 4 aromatic rings. The van der Waals surface area contributed by atoms with E-state index in [1.54, 1.807) is 19.4 Å². The number of hydrogen-bond acceptors (Lipinski definition) is 9. The van der Waals surface area contributed by atoms with Crippen molar-refractivity contribution in [3.8, 4) is 34.3 Å². The normalized spacial score (nSPS) is 15.1. The average Bonchev–Trinajstić information content (AvgIpc) is 3.07. The molecule has 2 aliphatic heterocycles. The maximum absolute atomic E-state index is 13.6. The zero-order valence-electron chi connectivity index (χ0n) is 26.5. The molecule has 0 aliphatic carbocycles. The van der Waals surface area contributed by atoms with Gasteiger partial charge in [-0.05, 0) is 36.6 Å². The highest BCUT2D eigenvalue weighted by atomic mass is 35.5. The van der Waals surface area contributed by atoms with E-state index < -0.39 is 0 Å². The molecule has 4 heterocycles. The molecule has 0 bridgehead atoms. The second kappa shape index (κ2) is 14.5. The van der Waals surface area contributed by atoms with Gasteiger partial charge in [-0.1, -0.05) is 66.5 Å². The van der Waals surface area contributed by atoms with Gasteiger partial charge in [0.1, 0.15) is 11.4 Å². The van der Waals surface area contributed by atoms with Crippen LogP contribution in [0.4, 0.5) is 0 Å². The molecule has 11 heteroatoms. The Bertz CT molecular complexity index is 1850. The molecule has 1 fully saturated rings. The number of aliphatic hydroxyl groups is 1. The monoisotopic (exact) mass is 670 g/mol. The first-order chi connectivity index (χ1) is 22.8. The Morgan fingerprint density at radius 2 is 1.83 bits per heavy atom. The lowest BCUT2D eigenvalue weighted by Gasteiger charge is -2.37. The summed E-state index contributed by atoms with van der Waals surface area (Å²) in [5.74, 6) is 0.512. The van der Waals surface area contributed by atoms with E-state index in [9.17, 15) is 15.2 Å². The van der Waals surface area contributed by atoms with Crippen molar-refractivity contribution in [2.75, 3.05) is 39.9 Å². The molecule has 0 atom stereocenters. The molecule has 2 aromatic carbocycles. The summed E-state index contributed by atoms with van der Waals surface area (Å²) in [7, 11) is 1.57. The topological polar surface area (TPSA) is 115 Å². The number of carbonyl (C=O) groups is 1. The Kier molecular flexibility index (Phi) is 10.2. The third kappa shape index (κ3) is 6.89. The van der Waals surface area contributed by atoms with Crippen molar-refractivity contribution in [3.05, 3.63) is 92.5 Å². The van der Waals surface area contributed by atoms with Gasteiger partial charge < -0.3 is 9.84 Å². The molecule has 2 aromatic heterocycles. The van der Waals surface area contributed by atoms with Gasteiger partial charge >= 0.3 is 0 Å². The van der Waals surface area contributed by atoms with Crippen molar-refractivity contribution < 1.29 is 14.6 Å². The summed E-state index contributed by atoms with van der Waals surface area (Å²) >= 11 is 14.0. The summed E-state index contributed by atoms with van der Waals surface area (Å²) in [5, 5.41) is 20.0. The van der Waals surface area contributed by atoms with Gasteiger partial charge in [0.15, 0.2) is 5.78 Å². The molecule has 1 N–H and O–H groups in total. The molecule has 2 aliphatic rings. The minimum atomic E-state index is -0.205. The third-order valence-electron chi connectivity index (χ3n) is 8.87. The summed E-state index contributed by atoms with van der Waals surface area (Å²) in [6.07, 6.45) is 3.49. The van der Waals surface area contributed by atoms with Crippen molar-refractivity contribution in [3.63, 3.8) is 0 Å². The second-order valence-corrected chi connectivity index (χ2v) is 12.9. The summed E-state index contributed by atoms with van der Waals surface area (Å²) in [5.41, 5.74) is 6.50. The Labute approximate surface area is 284 Å². The van der Waals surface area contributed by atoms with Crippen LogP contribution in [0, 0.1) is 17.2 Å². The van der Waals surface area contributed by atoms with E-state index in [0.717, 1.165) is 50.3 Å². The molecule has 6 rings (SSSR count).